The second-order valence-electron chi connectivity index (χ2n) is 5.39. The van der Waals surface area contributed by atoms with Crippen LogP contribution in [0.2, 0.25) is 0 Å². The molecule has 0 aromatic rings. The highest BCUT2D eigenvalue weighted by atomic mass is 14.3. The highest BCUT2D eigenvalue weighted by Gasteiger charge is 2.24. The molecule has 0 heterocycles. The van der Waals surface area contributed by atoms with Crippen molar-refractivity contribution < 1.29 is 0 Å². The maximum absolute atomic E-state index is 4.06. The van der Waals surface area contributed by atoms with Crippen LogP contribution < -0.4 is 0 Å². The molecule has 0 atom stereocenters. The van der Waals surface area contributed by atoms with Crippen molar-refractivity contribution in [1.82, 2.24) is 0 Å². The molecular weight excluding hydrogens is 204 g/mol. The highest BCUT2D eigenvalue weighted by molar-refractivity contribution is 5.34. The second-order valence-corrected chi connectivity index (χ2v) is 5.39. The fraction of sp³-hybridized carbons (Fsp3) is 0.529. The molecule has 1 saturated carbocycles. The van der Waals surface area contributed by atoms with E-state index in [0.29, 0.717) is 0 Å². The first-order valence-corrected chi connectivity index (χ1v) is 6.66. The molecule has 1 fully saturated rings. The maximum Gasteiger partial charge on any atom is -0.00701 e. The summed E-state index contributed by atoms with van der Waals surface area (Å²) in [4.78, 5) is 0. The second kappa shape index (κ2) is 6.05. The summed E-state index contributed by atoms with van der Waals surface area (Å²) < 4.78 is 0. The van der Waals surface area contributed by atoms with E-state index in [1.807, 2.05) is 6.92 Å². The smallest absolute Gasteiger partial charge is 0.00701 e. The maximum atomic E-state index is 4.06. The minimum Gasteiger partial charge on any atom is -0.0958 e. The van der Waals surface area contributed by atoms with Gasteiger partial charge in [0, 0.05) is 0 Å². The van der Waals surface area contributed by atoms with Crippen LogP contribution in [0.1, 0.15) is 53.4 Å². The SMILES string of the molecule is C=C(C)C(=C)C/C(C)=C/C(CC)=C(/C)C1CC1. The van der Waals surface area contributed by atoms with Gasteiger partial charge in [0.05, 0.1) is 0 Å². The Balaban J connectivity index is 2.74. The normalized spacial score (nSPS) is 17.8. The molecule has 0 aliphatic heterocycles. The van der Waals surface area contributed by atoms with Gasteiger partial charge in [-0.1, -0.05) is 42.9 Å². The first-order valence-electron chi connectivity index (χ1n) is 6.66. The van der Waals surface area contributed by atoms with Crippen molar-refractivity contribution >= 4 is 0 Å². The average Bonchev–Trinajstić information content (AvgIpc) is 3.08. The van der Waals surface area contributed by atoms with Gasteiger partial charge in [-0.25, -0.2) is 0 Å². The number of allylic oxidation sites excluding steroid dienone is 6. The Labute approximate surface area is 107 Å². The minimum absolute atomic E-state index is 0.873. The Morgan fingerprint density at radius 3 is 2.18 bits per heavy atom. The van der Waals surface area contributed by atoms with Crippen LogP contribution in [0.3, 0.4) is 0 Å². The van der Waals surface area contributed by atoms with Gasteiger partial charge in [-0.05, 0) is 63.5 Å². The summed E-state index contributed by atoms with van der Waals surface area (Å²) in [5.74, 6) is 0.873. The average molecular weight is 230 g/mol. The summed E-state index contributed by atoms with van der Waals surface area (Å²) in [5.41, 5.74) is 6.78. The van der Waals surface area contributed by atoms with Crippen molar-refractivity contribution in [3.63, 3.8) is 0 Å². The monoisotopic (exact) mass is 230 g/mol. The van der Waals surface area contributed by atoms with Crippen LogP contribution in [-0.4, -0.2) is 0 Å². The van der Waals surface area contributed by atoms with Crippen LogP contribution in [0.25, 0.3) is 0 Å². The molecule has 0 amide bonds. The number of rotatable bonds is 6. The molecule has 0 nitrogen and oxygen atoms in total. The van der Waals surface area contributed by atoms with Gasteiger partial charge in [0.2, 0.25) is 0 Å². The van der Waals surface area contributed by atoms with E-state index >= 15 is 0 Å². The molecule has 0 saturated heterocycles. The molecule has 1 aliphatic rings. The first kappa shape index (κ1) is 14.0. The lowest BCUT2D eigenvalue weighted by atomic mass is 9.97. The van der Waals surface area contributed by atoms with Gasteiger partial charge in [0.15, 0.2) is 0 Å². The molecule has 0 bridgehead atoms. The van der Waals surface area contributed by atoms with E-state index in [9.17, 15) is 0 Å². The zero-order valence-corrected chi connectivity index (χ0v) is 11.9. The van der Waals surface area contributed by atoms with Crippen molar-refractivity contribution in [2.45, 2.75) is 53.4 Å². The third-order valence-electron chi connectivity index (χ3n) is 3.59. The molecule has 0 aromatic carbocycles. The lowest BCUT2D eigenvalue weighted by molar-refractivity contribution is 0.946. The molecule has 17 heavy (non-hydrogen) atoms. The fourth-order valence-corrected chi connectivity index (χ4v) is 2.11. The van der Waals surface area contributed by atoms with E-state index < -0.39 is 0 Å². The van der Waals surface area contributed by atoms with Gasteiger partial charge in [-0.15, -0.1) is 0 Å². The zero-order valence-electron chi connectivity index (χ0n) is 11.9. The molecule has 0 aromatic heterocycles. The molecule has 0 radical (unpaired) electrons. The van der Waals surface area contributed by atoms with Gasteiger partial charge >= 0.3 is 0 Å². The predicted molar refractivity (Wildman–Crippen MR) is 78.0 cm³/mol. The molecule has 94 valence electrons. The van der Waals surface area contributed by atoms with Crippen LogP contribution in [0.15, 0.2) is 47.1 Å². The number of hydrogen-bond donors (Lipinski definition) is 0. The van der Waals surface area contributed by atoms with Gasteiger partial charge in [-0.3, -0.25) is 0 Å². The van der Waals surface area contributed by atoms with E-state index in [2.05, 4.69) is 40.0 Å². The van der Waals surface area contributed by atoms with Crippen molar-refractivity contribution in [3.8, 4) is 0 Å². The molecule has 0 spiro atoms. The third kappa shape index (κ3) is 4.38. The Hall–Kier alpha value is -1.04. The lowest BCUT2D eigenvalue weighted by Gasteiger charge is -2.09. The first-order chi connectivity index (χ1) is 7.95. The van der Waals surface area contributed by atoms with Crippen LogP contribution >= 0.6 is 0 Å². The van der Waals surface area contributed by atoms with Gasteiger partial charge in [-0.2, -0.15) is 0 Å². The summed E-state index contributed by atoms with van der Waals surface area (Å²) in [7, 11) is 0. The standard InChI is InChI=1S/C17H26/c1-7-16(15(6)17-8-9-17)11-13(4)10-14(5)12(2)3/h11,17H,2,5,7-10H2,1,3-4,6H3/b13-11+,16-15-. The molecular formula is C17H26. The summed E-state index contributed by atoms with van der Waals surface area (Å²) in [5, 5.41) is 0. The van der Waals surface area contributed by atoms with Crippen LogP contribution in [0.4, 0.5) is 0 Å². The number of hydrogen-bond acceptors (Lipinski definition) is 0. The Kier molecular flexibility index (Phi) is 4.99. The minimum atomic E-state index is 0.873. The largest absolute Gasteiger partial charge is 0.0958 e. The lowest BCUT2D eigenvalue weighted by Crippen LogP contribution is -1.90. The van der Waals surface area contributed by atoms with Crippen molar-refractivity contribution in [2.75, 3.05) is 0 Å². The van der Waals surface area contributed by atoms with E-state index in [-0.39, 0.29) is 0 Å². The zero-order chi connectivity index (χ0) is 13.0. The van der Waals surface area contributed by atoms with E-state index in [4.69, 9.17) is 0 Å². The highest BCUT2D eigenvalue weighted by Crippen LogP contribution is 2.38. The van der Waals surface area contributed by atoms with E-state index in [0.717, 1.165) is 29.9 Å². The molecule has 0 unspecified atom stereocenters. The summed E-state index contributed by atoms with van der Waals surface area (Å²) in [6, 6.07) is 0. The van der Waals surface area contributed by atoms with Gasteiger partial charge < -0.3 is 0 Å². The van der Waals surface area contributed by atoms with Crippen molar-refractivity contribution in [2.24, 2.45) is 5.92 Å². The summed E-state index contributed by atoms with van der Waals surface area (Å²) in [6.07, 6.45) is 7.24. The fourth-order valence-electron chi connectivity index (χ4n) is 2.11. The quantitative estimate of drug-likeness (QED) is 0.522. The van der Waals surface area contributed by atoms with Crippen molar-refractivity contribution in [1.29, 1.82) is 0 Å². The van der Waals surface area contributed by atoms with Crippen molar-refractivity contribution in [3.05, 3.63) is 47.1 Å². The van der Waals surface area contributed by atoms with Gasteiger partial charge in [0.25, 0.3) is 0 Å². The Bertz CT molecular complexity index is 373. The summed E-state index contributed by atoms with van der Waals surface area (Å²) >= 11 is 0. The van der Waals surface area contributed by atoms with E-state index in [1.54, 1.807) is 5.57 Å². The van der Waals surface area contributed by atoms with E-state index in [1.165, 1.54) is 24.0 Å². The molecule has 0 heteroatoms. The third-order valence-corrected chi connectivity index (χ3v) is 3.59. The summed E-state index contributed by atoms with van der Waals surface area (Å²) in [6.45, 7) is 16.8. The Morgan fingerprint density at radius 1 is 1.18 bits per heavy atom. The van der Waals surface area contributed by atoms with Crippen LogP contribution in [0, 0.1) is 5.92 Å². The molecule has 0 N–H and O–H groups in total. The van der Waals surface area contributed by atoms with Crippen LogP contribution in [0.5, 0.6) is 0 Å². The predicted octanol–water partition coefficient (Wildman–Crippen LogP) is 5.59. The molecule has 1 rings (SSSR count). The Morgan fingerprint density at radius 2 is 1.76 bits per heavy atom. The van der Waals surface area contributed by atoms with Crippen LogP contribution in [-0.2, 0) is 0 Å². The molecule has 1 aliphatic carbocycles. The van der Waals surface area contributed by atoms with Gasteiger partial charge in [0.1, 0.15) is 0 Å². The topological polar surface area (TPSA) is 0 Å².